The fourth-order valence-corrected chi connectivity index (χ4v) is 3.02. The molecule has 4 heteroatoms. The number of Topliss-reactive ketones (excluding diaryl/α,β-unsaturated/α-hetero) is 2. The number of carbonyl (C=O) groups is 2. The first-order chi connectivity index (χ1) is 8.58. The van der Waals surface area contributed by atoms with E-state index in [1.807, 2.05) is 0 Å². The summed E-state index contributed by atoms with van der Waals surface area (Å²) < 4.78 is 12.8. The molecular weight excluding hydrogens is 251 g/mol. The van der Waals surface area contributed by atoms with Gasteiger partial charge in [-0.05, 0) is 30.7 Å². The van der Waals surface area contributed by atoms with Gasteiger partial charge >= 0.3 is 0 Å². The topological polar surface area (TPSA) is 34.1 Å². The third kappa shape index (κ3) is 2.88. The Morgan fingerprint density at radius 2 is 2.06 bits per heavy atom. The lowest BCUT2D eigenvalue weighted by Crippen LogP contribution is -2.30. The van der Waals surface area contributed by atoms with Gasteiger partial charge in [-0.25, -0.2) is 4.39 Å². The molecule has 1 saturated heterocycles. The van der Waals surface area contributed by atoms with Crippen LogP contribution in [-0.4, -0.2) is 23.1 Å². The zero-order chi connectivity index (χ0) is 13.1. The van der Waals surface area contributed by atoms with Gasteiger partial charge in [0.05, 0.1) is 5.92 Å². The number of carbonyl (C=O) groups excluding carboxylic acids is 2. The molecule has 2 rings (SSSR count). The number of rotatable bonds is 2. The molecule has 1 aliphatic heterocycles. The predicted octanol–water partition coefficient (Wildman–Crippen LogP) is 2.73. The van der Waals surface area contributed by atoms with Crippen LogP contribution in [0.1, 0.15) is 12.5 Å². The molecule has 0 amide bonds. The number of hydrogen-bond donors (Lipinski definition) is 0. The predicted molar refractivity (Wildman–Crippen MR) is 70.9 cm³/mol. The highest BCUT2D eigenvalue weighted by Crippen LogP contribution is 2.26. The Morgan fingerprint density at radius 3 is 2.67 bits per heavy atom. The first kappa shape index (κ1) is 13.0. The van der Waals surface area contributed by atoms with Crippen LogP contribution in [0, 0.1) is 11.7 Å². The molecule has 0 radical (unpaired) electrons. The molecule has 18 heavy (non-hydrogen) atoms. The Balaban J connectivity index is 2.24. The maximum Gasteiger partial charge on any atom is 0.170 e. The fraction of sp³-hybridized carbons (Fsp3) is 0.286. The Morgan fingerprint density at radius 1 is 1.39 bits per heavy atom. The molecule has 0 saturated carbocycles. The first-order valence-electron chi connectivity index (χ1n) is 5.66. The Kier molecular flexibility index (Phi) is 3.97. The third-order valence-electron chi connectivity index (χ3n) is 2.88. The molecule has 0 spiro atoms. The summed E-state index contributed by atoms with van der Waals surface area (Å²) in [4.78, 5) is 23.4. The number of benzene rings is 1. The van der Waals surface area contributed by atoms with Crippen molar-refractivity contribution < 1.29 is 14.0 Å². The third-order valence-corrected chi connectivity index (χ3v) is 3.96. The molecule has 2 nitrogen and oxygen atoms in total. The average Bonchev–Trinajstić information content (AvgIpc) is 2.34. The highest BCUT2D eigenvalue weighted by Gasteiger charge is 2.30. The summed E-state index contributed by atoms with van der Waals surface area (Å²) in [5, 5.41) is 0. The minimum absolute atomic E-state index is 0.0859. The smallest absolute Gasteiger partial charge is 0.170 e. The van der Waals surface area contributed by atoms with Crippen LogP contribution in [0.25, 0.3) is 6.08 Å². The van der Waals surface area contributed by atoms with E-state index in [0.29, 0.717) is 17.1 Å². The lowest BCUT2D eigenvalue weighted by atomic mass is 9.95. The molecule has 1 aromatic carbocycles. The molecule has 1 aromatic rings. The number of halogens is 1. The second-order valence-corrected chi connectivity index (χ2v) is 5.29. The van der Waals surface area contributed by atoms with Crippen molar-refractivity contribution in [3.05, 3.63) is 41.2 Å². The molecule has 0 aliphatic carbocycles. The first-order valence-corrected chi connectivity index (χ1v) is 6.82. The summed E-state index contributed by atoms with van der Waals surface area (Å²) in [7, 11) is 0. The highest BCUT2D eigenvalue weighted by molar-refractivity contribution is 7.99. The quantitative estimate of drug-likeness (QED) is 0.608. The van der Waals surface area contributed by atoms with E-state index >= 15 is 0 Å². The Labute approximate surface area is 109 Å². The van der Waals surface area contributed by atoms with Crippen LogP contribution in [0.3, 0.4) is 0 Å². The van der Waals surface area contributed by atoms with Crippen LogP contribution in [0.15, 0.2) is 29.8 Å². The molecule has 0 N–H and O–H groups in total. The van der Waals surface area contributed by atoms with Gasteiger partial charge in [0.25, 0.3) is 0 Å². The standard InChI is InChI=1S/C14H13FO2S/c1-9(16)13-8-18-7-11(14(13)17)6-10-2-4-12(15)5-3-10/h2-6,13H,7-8H2,1H3/b11-6+. The van der Waals surface area contributed by atoms with Gasteiger partial charge in [0.15, 0.2) is 5.78 Å². The van der Waals surface area contributed by atoms with Crippen molar-refractivity contribution in [2.75, 3.05) is 11.5 Å². The van der Waals surface area contributed by atoms with Gasteiger partial charge in [0.2, 0.25) is 0 Å². The van der Waals surface area contributed by atoms with Crippen molar-refractivity contribution in [2.45, 2.75) is 6.92 Å². The van der Waals surface area contributed by atoms with Crippen molar-refractivity contribution in [2.24, 2.45) is 5.92 Å². The molecule has 0 aromatic heterocycles. The van der Waals surface area contributed by atoms with Gasteiger partial charge in [-0.3, -0.25) is 9.59 Å². The van der Waals surface area contributed by atoms with E-state index < -0.39 is 5.92 Å². The number of thioether (sulfide) groups is 1. The SMILES string of the molecule is CC(=O)C1CSC/C(=C\c2ccc(F)cc2)C1=O. The van der Waals surface area contributed by atoms with E-state index in [2.05, 4.69) is 0 Å². The maximum atomic E-state index is 12.8. The Bertz CT molecular complexity index is 505. The maximum absolute atomic E-state index is 12.8. The van der Waals surface area contributed by atoms with Gasteiger partial charge < -0.3 is 0 Å². The summed E-state index contributed by atoms with van der Waals surface area (Å²) in [6.45, 7) is 1.45. The van der Waals surface area contributed by atoms with Crippen LogP contribution < -0.4 is 0 Å². The molecule has 1 aliphatic rings. The number of hydrogen-bond acceptors (Lipinski definition) is 3. The van der Waals surface area contributed by atoms with Gasteiger partial charge in [-0.2, -0.15) is 11.8 Å². The van der Waals surface area contributed by atoms with E-state index in [-0.39, 0.29) is 17.4 Å². The lowest BCUT2D eigenvalue weighted by molar-refractivity contribution is -0.128. The van der Waals surface area contributed by atoms with Crippen molar-refractivity contribution >= 4 is 29.4 Å². The Hall–Kier alpha value is -1.42. The molecule has 94 valence electrons. The number of ketones is 2. The van der Waals surface area contributed by atoms with E-state index in [1.54, 1.807) is 30.0 Å². The van der Waals surface area contributed by atoms with Crippen molar-refractivity contribution in [3.63, 3.8) is 0 Å². The lowest BCUT2D eigenvalue weighted by Gasteiger charge is -2.20. The monoisotopic (exact) mass is 264 g/mol. The minimum Gasteiger partial charge on any atom is -0.299 e. The van der Waals surface area contributed by atoms with Crippen molar-refractivity contribution in [1.82, 2.24) is 0 Å². The zero-order valence-corrected chi connectivity index (χ0v) is 10.8. The van der Waals surface area contributed by atoms with E-state index in [1.165, 1.54) is 19.1 Å². The fourth-order valence-electron chi connectivity index (χ4n) is 1.83. The van der Waals surface area contributed by atoms with Gasteiger partial charge in [0, 0.05) is 17.1 Å². The minimum atomic E-state index is -0.518. The summed E-state index contributed by atoms with van der Waals surface area (Å²) in [5.41, 5.74) is 1.42. The molecule has 0 bridgehead atoms. The summed E-state index contributed by atoms with van der Waals surface area (Å²) in [6, 6.07) is 5.96. The normalized spacial score (nSPS) is 22.2. The molecule has 1 heterocycles. The molecule has 1 fully saturated rings. The van der Waals surface area contributed by atoms with Crippen LogP contribution >= 0.6 is 11.8 Å². The average molecular weight is 264 g/mol. The summed E-state index contributed by atoms with van der Waals surface area (Å²) in [5.74, 6) is 0.177. The zero-order valence-electron chi connectivity index (χ0n) is 9.98. The van der Waals surface area contributed by atoms with E-state index in [4.69, 9.17) is 0 Å². The van der Waals surface area contributed by atoms with Gasteiger partial charge in [-0.1, -0.05) is 12.1 Å². The summed E-state index contributed by atoms with van der Waals surface area (Å²) >= 11 is 1.58. The second-order valence-electron chi connectivity index (χ2n) is 4.26. The van der Waals surface area contributed by atoms with Crippen molar-refractivity contribution in [1.29, 1.82) is 0 Å². The van der Waals surface area contributed by atoms with Gasteiger partial charge in [0.1, 0.15) is 11.6 Å². The van der Waals surface area contributed by atoms with E-state index in [9.17, 15) is 14.0 Å². The molecular formula is C14H13FO2S. The second kappa shape index (κ2) is 5.48. The van der Waals surface area contributed by atoms with Crippen LogP contribution in [-0.2, 0) is 9.59 Å². The van der Waals surface area contributed by atoms with Crippen LogP contribution in [0.4, 0.5) is 4.39 Å². The van der Waals surface area contributed by atoms with Crippen LogP contribution in [0.5, 0.6) is 0 Å². The largest absolute Gasteiger partial charge is 0.299 e. The summed E-state index contributed by atoms with van der Waals surface area (Å²) in [6.07, 6.45) is 1.74. The van der Waals surface area contributed by atoms with Crippen molar-refractivity contribution in [3.8, 4) is 0 Å². The van der Waals surface area contributed by atoms with Gasteiger partial charge in [-0.15, -0.1) is 0 Å². The van der Waals surface area contributed by atoms with E-state index in [0.717, 1.165) is 5.56 Å². The van der Waals surface area contributed by atoms with Crippen LogP contribution in [0.2, 0.25) is 0 Å². The molecule has 1 atom stereocenters. The highest BCUT2D eigenvalue weighted by atomic mass is 32.2. The molecule has 1 unspecified atom stereocenters.